The molecule has 0 saturated heterocycles. The van der Waals surface area contributed by atoms with Crippen LogP contribution in [-0.2, 0) is 21.0 Å². The minimum atomic E-state index is -4.74. The molecule has 0 fully saturated rings. The maximum Gasteiger partial charge on any atom is 0.418 e. The van der Waals surface area contributed by atoms with Crippen molar-refractivity contribution in [2.75, 3.05) is 22.4 Å². The van der Waals surface area contributed by atoms with Crippen molar-refractivity contribution in [3.05, 3.63) is 58.6 Å². The number of amides is 1. The Labute approximate surface area is 159 Å². The molecule has 1 amide bonds. The van der Waals surface area contributed by atoms with Gasteiger partial charge >= 0.3 is 6.18 Å². The Balaban J connectivity index is 2.29. The average Bonchev–Trinajstić information content (AvgIpc) is 2.53. The first-order valence-electron chi connectivity index (χ1n) is 7.59. The second-order valence-corrected chi connectivity index (χ2v) is 8.18. The molecule has 27 heavy (non-hydrogen) atoms. The van der Waals surface area contributed by atoms with Gasteiger partial charge in [-0.05, 0) is 37.3 Å². The lowest BCUT2D eigenvalue weighted by Crippen LogP contribution is -2.37. The Hall–Kier alpha value is -2.26. The van der Waals surface area contributed by atoms with Gasteiger partial charge in [0.1, 0.15) is 6.54 Å². The van der Waals surface area contributed by atoms with Gasteiger partial charge in [0, 0.05) is 5.02 Å². The van der Waals surface area contributed by atoms with E-state index < -0.39 is 39.9 Å². The number of hydrogen-bond acceptors (Lipinski definition) is 3. The van der Waals surface area contributed by atoms with Gasteiger partial charge in [-0.2, -0.15) is 13.2 Å². The van der Waals surface area contributed by atoms with Gasteiger partial charge in [0.15, 0.2) is 0 Å². The van der Waals surface area contributed by atoms with Crippen molar-refractivity contribution < 1.29 is 26.4 Å². The fourth-order valence-electron chi connectivity index (χ4n) is 2.29. The summed E-state index contributed by atoms with van der Waals surface area (Å²) in [5.74, 6) is -0.922. The standard InChI is InChI=1S/C17H16ClF3N2O3S/c1-11-3-6-13(7-4-11)23(27(2,25)26)10-16(24)22-15-8-5-12(18)9-14(15)17(19,20)21/h3-9H,10H2,1-2H3,(H,22,24). The molecule has 0 aliphatic rings. The van der Waals surface area contributed by atoms with Crippen molar-refractivity contribution >= 4 is 38.9 Å². The van der Waals surface area contributed by atoms with E-state index in [9.17, 15) is 26.4 Å². The lowest BCUT2D eigenvalue weighted by molar-refractivity contribution is -0.137. The lowest BCUT2D eigenvalue weighted by Gasteiger charge is -2.22. The maximum atomic E-state index is 13.1. The van der Waals surface area contributed by atoms with Gasteiger partial charge in [-0.1, -0.05) is 29.3 Å². The highest BCUT2D eigenvalue weighted by Gasteiger charge is 2.34. The molecule has 0 saturated carbocycles. The average molecular weight is 421 g/mol. The summed E-state index contributed by atoms with van der Waals surface area (Å²) in [5.41, 5.74) is -0.517. The van der Waals surface area contributed by atoms with E-state index in [1.54, 1.807) is 19.1 Å². The van der Waals surface area contributed by atoms with Crippen LogP contribution in [0.25, 0.3) is 0 Å². The molecule has 1 N–H and O–H groups in total. The fraction of sp³-hybridized carbons (Fsp3) is 0.235. The van der Waals surface area contributed by atoms with Crippen LogP contribution in [0.15, 0.2) is 42.5 Å². The Kier molecular flexibility index (Phi) is 6.06. The monoisotopic (exact) mass is 420 g/mol. The van der Waals surface area contributed by atoms with Crippen LogP contribution in [0.1, 0.15) is 11.1 Å². The van der Waals surface area contributed by atoms with Crippen molar-refractivity contribution in [2.45, 2.75) is 13.1 Å². The Bertz CT molecular complexity index is 945. The summed E-state index contributed by atoms with van der Waals surface area (Å²) in [6.45, 7) is 1.13. The van der Waals surface area contributed by atoms with Gasteiger partial charge in [-0.3, -0.25) is 9.10 Å². The van der Waals surface area contributed by atoms with Crippen molar-refractivity contribution in [3.8, 4) is 0 Å². The number of aryl methyl sites for hydroxylation is 1. The lowest BCUT2D eigenvalue weighted by atomic mass is 10.1. The number of benzene rings is 2. The second-order valence-electron chi connectivity index (χ2n) is 5.84. The molecule has 0 atom stereocenters. The van der Waals surface area contributed by atoms with E-state index in [1.807, 2.05) is 0 Å². The SMILES string of the molecule is Cc1ccc(N(CC(=O)Nc2ccc(Cl)cc2C(F)(F)F)S(C)(=O)=O)cc1. The van der Waals surface area contributed by atoms with Crippen LogP contribution in [0.2, 0.25) is 5.02 Å². The Morgan fingerprint density at radius 2 is 1.74 bits per heavy atom. The Morgan fingerprint density at radius 3 is 2.26 bits per heavy atom. The molecule has 2 rings (SSSR count). The third-order valence-corrected chi connectivity index (χ3v) is 4.95. The molecule has 0 heterocycles. The molecule has 10 heteroatoms. The minimum Gasteiger partial charge on any atom is -0.324 e. The smallest absolute Gasteiger partial charge is 0.324 e. The molecule has 5 nitrogen and oxygen atoms in total. The van der Waals surface area contributed by atoms with Crippen LogP contribution in [0.4, 0.5) is 24.5 Å². The topological polar surface area (TPSA) is 66.5 Å². The molecule has 0 unspecified atom stereocenters. The third kappa shape index (κ3) is 5.61. The summed E-state index contributed by atoms with van der Waals surface area (Å²) in [6.07, 6.45) is -3.83. The molecular weight excluding hydrogens is 405 g/mol. The molecule has 2 aromatic rings. The highest BCUT2D eigenvalue weighted by Crippen LogP contribution is 2.36. The molecule has 0 spiro atoms. The van der Waals surface area contributed by atoms with Crippen LogP contribution in [0.3, 0.4) is 0 Å². The van der Waals surface area contributed by atoms with Gasteiger partial charge < -0.3 is 5.32 Å². The number of alkyl halides is 3. The van der Waals surface area contributed by atoms with E-state index in [0.717, 1.165) is 22.2 Å². The van der Waals surface area contributed by atoms with Gasteiger partial charge in [0.25, 0.3) is 0 Å². The number of sulfonamides is 1. The summed E-state index contributed by atoms with van der Waals surface area (Å²) in [4.78, 5) is 12.3. The molecule has 0 radical (unpaired) electrons. The predicted molar refractivity (Wildman–Crippen MR) is 98.5 cm³/mol. The Morgan fingerprint density at radius 1 is 1.15 bits per heavy atom. The van der Waals surface area contributed by atoms with Crippen LogP contribution in [0.5, 0.6) is 0 Å². The maximum absolute atomic E-state index is 13.1. The molecular formula is C17H16ClF3N2O3S. The summed E-state index contributed by atoms with van der Waals surface area (Å²) in [6, 6.07) is 9.23. The summed E-state index contributed by atoms with van der Waals surface area (Å²) >= 11 is 5.60. The third-order valence-electron chi connectivity index (χ3n) is 3.57. The van der Waals surface area contributed by atoms with Gasteiger partial charge in [0.05, 0.1) is 23.2 Å². The number of nitrogens with one attached hydrogen (secondary N) is 1. The van der Waals surface area contributed by atoms with Crippen LogP contribution in [0, 0.1) is 6.92 Å². The number of anilines is 2. The number of hydrogen-bond donors (Lipinski definition) is 1. The number of halogens is 4. The number of rotatable bonds is 5. The van der Waals surface area contributed by atoms with Gasteiger partial charge in [0.2, 0.25) is 15.9 Å². The number of nitrogens with zero attached hydrogens (tertiary/aromatic N) is 1. The molecule has 0 bridgehead atoms. The van der Waals surface area contributed by atoms with E-state index in [2.05, 4.69) is 5.32 Å². The summed E-state index contributed by atoms with van der Waals surface area (Å²) < 4.78 is 64.2. The first-order chi connectivity index (χ1) is 12.4. The molecule has 0 aliphatic heterocycles. The normalized spacial score (nSPS) is 11.9. The summed E-state index contributed by atoms with van der Waals surface area (Å²) in [5, 5.41) is 1.96. The van der Waals surface area contributed by atoms with Crippen LogP contribution in [-0.4, -0.2) is 27.1 Å². The predicted octanol–water partition coefficient (Wildman–Crippen LogP) is 4.07. The van der Waals surface area contributed by atoms with Gasteiger partial charge in [-0.25, -0.2) is 8.42 Å². The molecule has 0 aliphatic carbocycles. The zero-order valence-corrected chi connectivity index (χ0v) is 15.9. The summed E-state index contributed by atoms with van der Waals surface area (Å²) in [7, 11) is -3.83. The first kappa shape index (κ1) is 21.0. The van der Waals surface area contributed by atoms with Crippen molar-refractivity contribution in [3.63, 3.8) is 0 Å². The minimum absolute atomic E-state index is 0.141. The molecule has 146 valence electrons. The zero-order valence-electron chi connectivity index (χ0n) is 14.3. The second kappa shape index (κ2) is 7.77. The fourth-order valence-corrected chi connectivity index (χ4v) is 3.32. The van der Waals surface area contributed by atoms with E-state index in [0.29, 0.717) is 6.07 Å². The van der Waals surface area contributed by atoms with E-state index in [-0.39, 0.29) is 10.7 Å². The first-order valence-corrected chi connectivity index (χ1v) is 9.81. The highest BCUT2D eigenvalue weighted by molar-refractivity contribution is 7.92. The largest absolute Gasteiger partial charge is 0.418 e. The van der Waals surface area contributed by atoms with Crippen LogP contribution < -0.4 is 9.62 Å². The molecule has 2 aromatic carbocycles. The van der Waals surface area contributed by atoms with Gasteiger partial charge in [-0.15, -0.1) is 0 Å². The van der Waals surface area contributed by atoms with E-state index in [4.69, 9.17) is 11.6 Å². The van der Waals surface area contributed by atoms with Crippen molar-refractivity contribution in [2.24, 2.45) is 0 Å². The van der Waals surface area contributed by atoms with E-state index in [1.165, 1.54) is 18.2 Å². The quantitative estimate of drug-likeness (QED) is 0.792. The van der Waals surface area contributed by atoms with Crippen LogP contribution >= 0.6 is 11.6 Å². The van der Waals surface area contributed by atoms with Crippen molar-refractivity contribution in [1.29, 1.82) is 0 Å². The van der Waals surface area contributed by atoms with E-state index >= 15 is 0 Å². The number of carbonyl (C=O) groups excluding carboxylic acids is 1. The van der Waals surface area contributed by atoms with Crippen molar-refractivity contribution in [1.82, 2.24) is 0 Å². The highest BCUT2D eigenvalue weighted by atomic mass is 35.5. The number of carbonyl (C=O) groups is 1. The molecule has 0 aromatic heterocycles. The zero-order chi connectivity index (χ0) is 20.4.